The number of non-ortho nitro benzene ring substituents is 1. The van der Waals surface area contributed by atoms with Gasteiger partial charge >= 0.3 is 0 Å². The SMILES string of the molecule is O=C(CN1C(=O)COc2ccc([N+](=O)[O-])cc21)Nc1ccc(F)c(F)c1. The summed E-state index contributed by atoms with van der Waals surface area (Å²) in [6, 6.07) is 6.48. The van der Waals surface area contributed by atoms with Crippen molar-refractivity contribution in [2.75, 3.05) is 23.4 Å². The van der Waals surface area contributed by atoms with Gasteiger partial charge < -0.3 is 10.1 Å². The van der Waals surface area contributed by atoms with Gasteiger partial charge in [-0.05, 0) is 18.2 Å². The molecule has 2 aromatic rings. The van der Waals surface area contributed by atoms with Crippen LogP contribution in [-0.4, -0.2) is 29.9 Å². The number of nitrogens with zero attached hydrogens (tertiary/aromatic N) is 2. The highest BCUT2D eigenvalue weighted by Crippen LogP contribution is 2.35. The van der Waals surface area contributed by atoms with Crippen LogP contribution in [0.5, 0.6) is 5.75 Å². The number of hydrogen-bond acceptors (Lipinski definition) is 5. The van der Waals surface area contributed by atoms with Crippen LogP contribution in [0.4, 0.5) is 25.8 Å². The van der Waals surface area contributed by atoms with E-state index in [2.05, 4.69) is 5.32 Å². The first kappa shape index (κ1) is 17.3. The monoisotopic (exact) mass is 363 g/mol. The van der Waals surface area contributed by atoms with Crippen molar-refractivity contribution in [3.63, 3.8) is 0 Å². The van der Waals surface area contributed by atoms with E-state index in [0.29, 0.717) is 0 Å². The quantitative estimate of drug-likeness (QED) is 0.663. The van der Waals surface area contributed by atoms with Crippen LogP contribution in [0.3, 0.4) is 0 Å². The highest BCUT2D eigenvalue weighted by Gasteiger charge is 2.29. The summed E-state index contributed by atoms with van der Waals surface area (Å²) in [7, 11) is 0. The van der Waals surface area contributed by atoms with Gasteiger partial charge in [0.2, 0.25) is 5.91 Å². The number of ether oxygens (including phenoxy) is 1. The zero-order valence-corrected chi connectivity index (χ0v) is 13.1. The van der Waals surface area contributed by atoms with Crippen molar-refractivity contribution < 1.29 is 28.0 Å². The number of benzene rings is 2. The number of hydrogen-bond donors (Lipinski definition) is 1. The molecular formula is C16H11F2N3O5. The van der Waals surface area contributed by atoms with E-state index >= 15 is 0 Å². The van der Waals surface area contributed by atoms with E-state index in [-0.39, 0.29) is 29.4 Å². The fraction of sp³-hybridized carbons (Fsp3) is 0.125. The number of halogens is 2. The molecule has 0 unspecified atom stereocenters. The summed E-state index contributed by atoms with van der Waals surface area (Å²) in [5.41, 5.74) is -0.183. The summed E-state index contributed by atoms with van der Waals surface area (Å²) >= 11 is 0. The number of anilines is 2. The zero-order chi connectivity index (χ0) is 18.8. The molecule has 0 atom stereocenters. The van der Waals surface area contributed by atoms with Gasteiger partial charge in [0.05, 0.1) is 10.6 Å². The average Bonchev–Trinajstić information content (AvgIpc) is 2.60. The van der Waals surface area contributed by atoms with Gasteiger partial charge in [-0.2, -0.15) is 0 Å². The van der Waals surface area contributed by atoms with E-state index in [1.807, 2.05) is 0 Å². The molecule has 2 aromatic carbocycles. The Morgan fingerprint density at radius 2 is 2.00 bits per heavy atom. The van der Waals surface area contributed by atoms with Crippen molar-refractivity contribution in [3.8, 4) is 5.75 Å². The van der Waals surface area contributed by atoms with E-state index in [0.717, 1.165) is 29.2 Å². The number of amides is 2. The summed E-state index contributed by atoms with van der Waals surface area (Å²) in [6.45, 7) is -0.807. The summed E-state index contributed by atoms with van der Waals surface area (Å²) in [5.74, 6) is -3.24. The Kier molecular flexibility index (Phi) is 4.48. The first-order valence-corrected chi connectivity index (χ1v) is 7.31. The summed E-state index contributed by atoms with van der Waals surface area (Å²) in [5, 5.41) is 13.2. The van der Waals surface area contributed by atoms with Crippen molar-refractivity contribution in [1.29, 1.82) is 0 Å². The zero-order valence-electron chi connectivity index (χ0n) is 13.1. The Bertz CT molecular complexity index is 919. The number of carbonyl (C=O) groups is 2. The van der Waals surface area contributed by atoms with Crippen molar-refractivity contribution in [1.82, 2.24) is 0 Å². The summed E-state index contributed by atoms with van der Waals surface area (Å²) < 4.78 is 31.3. The van der Waals surface area contributed by atoms with E-state index < -0.39 is 34.9 Å². The number of nitrogens with one attached hydrogen (secondary N) is 1. The van der Waals surface area contributed by atoms with Gasteiger partial charge in [0.1, 0.15) is 12.3 Å². The van der Waals surface area contributed by atoms with Gasteiger partial charge in [-0.1, -0.05) is 0 Å². The largest absolute Gasteiger partial charge is 0.482 e. The lowest BCUT2D eigenvalue weighted by Crippen LogP contribution is -2.43. The molecule has 0 bridgehead atoms. The number of carbonyl (C=O) groups excluding carboxylic acids is 2. The Morgan fingerprint density at radius 3 is 2.69 bits per heavy atom. The normalized spacial score (nSPS) is 13.0. The lowest BCUT2D eigenvalue weighted by molar-refractivity contribution is -0.384. The fourth-order valence-corrected chi connectivity index (χ4v) is 2.40. The Morgan fingerprint density at radius 1 is 1.23 bits per heavy atom. The van der Waals surface area contributed by atoms with Gasteiger partial charge in [0, 0.05) is 23.9 Å². The minimum atomic E-state index is -1.13. The molecule has 1 N–H and O–H groups in total. The summed E-state index contributed by atoms with van der Waals surface area (Å²) in [6.07, 6.45) is 0. The molecule has 10 heteroatoms. The molecule has 0 aliphatic carbocycles. The maximum absolute atomic E-state index is 13.2. The molecule has 1 aliphatic rings. The average molecular weight is 363 g/mol. The third-order valence-corrected chi connectivity index (χ3v) is 3.60. The molecule has 1 aliphatic heterocycles. The molecule has 0 fully saturated rings. The number of nitro groups is 1. The Hall–Kier alpha value is -3.56. The second-order valence-corrected chi connectivity index (χ2v) is 5.35. The smallest absolute Gasteiger partial charge is 0.271 e. The molecule has 0 saturated carbocycles. The Labute approximate surface area is 145 Å². The van der Waals surface area contributed by atoms with Crippen LogP contribution in [-0.2, 0) is 9.59 Å². The minimum absolute atomic E-state index is 0.00822. The molecule has 2 amide bonds. The Balaban J connectivity index is 1.81. The molecular weight excluding hydrogens is 352 g/mol. The van der Waals surface area contributed by atoms with Crippen molar-refractivity contribution in [2.45, 2.75) is 0 Å². The molecule has 0 radical (unpaired) electrons. The number of rotatable bonds is 4. The van der Waals surface area contributed by atoms with Crippen molar-refractivity contribution in [2.24, 2.45) is 0 Å². The first-order valence-electron chi connectivity index (χ1n) is 7.31. The number of nitro benzene ring substituents is 1. The van der Waals surface area contributed by atoms with Crippen molar-refractivity contribution in [3.05, 3.63) is 58.1 Å². The fourth-order valence-electron chi connectivity index (χ4n) is 2.40. The standard InChI is InChI=1S/C16H11F2N3O5/c17-11-3-1-9(5-12(11)18)19-15(22)7-20-13-6-10(21(24)25)2-4-14(13)26-8-16(20)23/h1-6H,7-8H2,(H,19,22). The van der Waals surface area contributed by atoms with E-state index in [9.17, 15) is 28.5 Å². The van der Waals surface area contributed by atoms with Gasteiger partial charge in [-0.3, -0.25) is 24.6 Å². The third-order valence-electron chi connectivity index (χ3n) is 3.60. The van der Waals surface area contributed by atoms with Crippen LogP contribution < -0.4 is 15.0 Å². The summed E-state index contributed by atoms with van der Waals surface area (Å²) in [4.78, 5) is 35.5. The van der Waals surface area contributed by atoms with E-state index in [1.54, 1.807) is 0 Å². The molecule has 134 valence electrons. The highest BCUT2D eigenvalue weighted by molar-refractivity contribution is 6.05. The molecule has 3 rings (SSSR count). The van der Waals surface area contributed by atoms with Crippen LogP contribution >= 0.6 is 0 Å². The van der Waals surface area contributed by atoms with Crippen LogP contribution in [0.2, 0.25) is 0 Å². The highest BCUT2D eigenvalue weighted by atomic mass is 19.2. The molecule has 8 nitrogen and oxygen atoms in total. The molecule has 1 heterocycles. The molecule has 0 saturated heterocycles. The number of fused-ring (bicyclic) bond motifs is 1. The van der Waals surface area contributed by atoms with Gasteiger partial charge in [0.15, 0.2) is 18.2 Å². The molecule has 0 spiro atoms. The second kappa shape index (κ2) is 6.75. The maximum atomic E-state index is 13.2. The van der Waals surface area contributed by atoms with Crippen LogP contribution in [0, 0.1) is 21.7 Å². The van der Waals surface area contributed by atoms with Crippen LogP contribution in [0.25, 0.3) is 0 Å². The van der Waals surface area contributed by atoms with E-state index in [4.69, 9.17) is 4.74 Å². The van der Waals surface area contributed by atoms with Gasteiger partial charge in [-0.15, -0.1) is 0 Å². The van der Waals surface area contributed by atoms with Crippen LogP contribution in [0.1, 0.15) is 0 Å². The van der Waals surface area contributed by atoms with Crippen LogP contribution in [0.15, 0.2) is 36.4 Å². The lowest BCUT2D eigenvalue weighted by Gasteiger charge is -2.28. The maximum Gasteiger partial charge on any atom is 0.271 e. The first-order chi connectivity index (χ1) is 12.3. The topological polar surface area (TPSA) is 102 Å². The molecule has 26 heavy (non-hydrogen) atoms. The molecule has 0 aromatic heterocycles. The predicted molar refractivity (Wildman–Crippen MR) is 85.9 cm³/mol. The lowest BCUT2D eigenvalue weighted by atomic mass is 10.2. The third kappa shape index (κ3) is 3.43. The minimum Gasteiger partial charge on any atom is -0.482 e. The van der Waals surface area contributed by atoms with Gasteiger partial charge in [-0.25, -0.2) is 8.78 Å². The predicted octanol–water partition coefficient (Wildman–Crippen LogP) is 2.24. The van der Waals surface area contributed by atoms with Gasteiger partial charge in [0.25, 0.3) is 11.6 Å². The van der Waals surface area contributed by atoms with Crippen molar-refractivity contribution >= 4 is 28.9 Å². The second-order valence-electron chi connectivity index (χ2n) is 5.35. The van der Waals surface area contributed by atoms with E-state index in [1.165, 1.54) is 12.1 Å².